The highest BCUT2D eigenvalue weighted by molar-refractivity contribution is 7.10. The van der Waals surface area contributed by atoms with Crippen LogP contribution in [0, 0.1) is 0 Å². The Morgan fingerprint density at radius 2 is 1.94 bits per heavy atom. The highest BCUT2D eigenvalue weighted by Gasteiger charge is 2.16. The van der Waals surface area contributed by atoms with Gasteiger partial charge in [0.1, 0.15) is 0 Å². The van der Waals surface area contributed by atoms with Crippen molar-refractivity contribution in [2.75, 3.05) is 0 Å². The Bertz CT molecular complexity index is 542. The summed E-state index contributed by atoms with van der Waals surface area (Å²) in [6.45, 7) is 0. The number of rotatable bonds is 4. The fourth-order valence-corrected chi connectivity index (χ4v) is 3.42. The number of benzene rings is 1. The van der Waals surface area contributed by atoms with Crippen molar-refractivity contribution in [1.29, 1.82) is 0 Å². The fourth-order valence-electron chi connectivity index (χ4n) is 1.69. The van der Waals surface area contributed by atoms with Crippen LogP contribution in [0.5, 0.6) is 0 Å². The quantitative estimate of drug-likeness (QED) is 0.644. The van der Waals surface area contributed by atoms with E-state index in [1.807, 2.05) is 23.6 Å². The third-order valence-electron chi connectivity index (χ3n) is 2.60. The highest BCUT2D eigenvalue weighted by atomic mass is 35.5. The Morgan fingerprint density at radius 3 is 2.50 bits per heavy atom. The zero-order valence-electron chi connectivity index (χ0n) is 9.29. The molecule has 1 aromatic carbocycles. The molecule has 1 atom stereocenters. The third kappa shape index (κ3) is 3.18. The summed E-state index contributed by atoms with van der Waals surface area (Å²) in [5.41, 5.74) is 3.75. The van der Waals surface area contributed by atoms with Crippen LogP contribution in [-0.2, 0) is 6.42 Å². The van der Waals surface area contributed by atoms with Crippen LogP contribution < -0.4 is 11.3 Å². The second kappa shape index (κ2) is 6.24. The van der Waals surface area contributed by atoms with Crippen LogP contribution in [0.4, 0.5) is 0 Å². The van der Waals surface area contributed by atoms with Crippen molar-refractivity contribution in [3.63, 3.8) is 0 Å². The molecule has 0 aliphatic heterocycles. The summed E-state index contributed by atoms with van der Waals surface area (Å²) >= 11 is 19.7. The van der Waals surface area contributed by atoms with Gasteiger partial charge >= 0.3 is 0 Å². The summed E-state index contributed by atoms with van der Waals surface area (Å²) in [5, 5.41) is 3.91. The molecule has 0 amide bonds. The summed E-state index contributed by atoms with van der Waals surface area (Å²) < 4.78 is 0. The van der Waals surface area contributed by atoms with Crippen LogP contribution >= 0.6 is 46.1 Å². The van der Waals surface area contributed by atoms with Crippen LogP contribution in [0.25, 0.3) is 0 Å². The molecule has 0 saturated carbocycles. The van der Waals surface area contributed by atoms with Crippen molar-refractivity contribution in [3.8, 4) is 0 Å². The molecule has 1 heterocycles. The first-order chi connectivity index (χ1) is 8.61. The molecule has 3 N–H and O–H groups in total. The molecule has 18 heavy (non-hydrogen) atoms. The number of thiophene rings is 1. The molecule has 2 aromatic rings. The summed E-state index contributed by atoms with van der Waals surface area (Å²) in [4.78, 5) is 1.00. The van der Waals surface area contributed by atoms with E-state index >= 15 is 0 Å². The zero-order chi connectivity index (χ0) is 13.1. The van der Waals surface area contributed by atoms with Gasteiger partial charge in [0.2, 0.25) is 0 Å². The van der Waals surface area contributed by atoms with Crippen molar-refractivity contribution in [3.05, 3.63) is 55.2 Å². The first-order valence-electron chi connectivity index (χ1n) is 5.24. The lowest BCUT2D eigenvalue weighted by Crippen LogP contribution is -2.29. The Hall–Kier alpha value is -0.290. The Morgan fingerprint density at radius 1 is 1.17 bits per heavy atom. The van der Waals surface area contributed by atoms with Gasteiger partial charge < -0.3 is 0 Å². The first-order valence-corrected chi connectivity index (χ1v) is 7.26. The summed E-state index contributed by atoms with van der Waals surface area (Å²) in [7, 11) is 0. The molecule has 0 saturated heterocycles. The summed E-state index contributed by atoms with van der Waals surface area (Å²) in [6.07, 6.45) is 0.659. The van der Waals surface area contributed by atoms with Gasteiger partial charge in [-0.15, -0.1) is 11.3 Å². The van der Waals surface area contributed by atoms with Crippen molar-refractivity contribution in [1.82, 2.24) is 5.43 Å². The minimum atomic E-state index is -0.0591. The van der Waals surface area contributed by atoms with Gasteiger partial charge in [0, 0.05) is 14.9 Å². The van der Waals surface area contributed by atoms with Crippen molar-refractivity contribution < 1.29 is 0 Å². The number of nitrogens with one attached hydrogen (secondary N) is 1. The molecule has 2 nitrogen and oxygen atoms in total. The van der Waals surface area contributed by atoms with Crippen LogP contribution in [0.3, 0.4) is 0 Å². The molecule has 0 radical (unpaired) electrons. The molecule has 96 valence electrons. The van der Waals surface area contributed by atoms with Crippen LogP contribution in [0.1, 0.15) is 16.5 Å². The number of hydrogen-bond donors (Lipinski definition) is 2. The highest BCUT2D eigenvalue weighted by Crippen LogP contribution is 2.32. The lowest BCUT2D eigenvalue weighted by Gasteiger charge is -2.16. The largest absolute Gasteiger partial charge is 0.271 e. The van der Waals surface area contributed by atoms with Crippen LogP contribution in [0.15, 0.2) is 29.6 Å². The molecule has 0 fully saturated rings. The molecular formula is C12H11Cl3N2S. The zero-order valence-corrected chi connectivity index (χ0v) is 12.4. The van der Waals surface area contributed by atoms with Gasteiger partial charge in [-0.3, -0.25) is 11.3 Å². The Kier molecular flexibility index (Phi) is 4.90. The maximum atomic E-state index is 6.15. The molecule has 2 rings (SSSR count). The molecule has 1 aromatic heterocycles. The van der Waals surface area contributed by atoms with E-state index in [2.05, 4.69) is 5.43 Å². The van der Waals surface area contributed by atoms with E-state index in [4.69, 9.17) is 40.6 Å². The van der Waals surface area contributed by atoms with Gasteiger partial charge in [-0.25, -0.2) is 0 Å². The molecule has 0 aliphatic carbocycles. The second-order valence-corrected chi connectivity index (χ2v) is 5.99. The van der Waals surface area contributed by atoms with Gasteiger partial charge in [0.25, 0.3) is 0 Å². The van der Waals surface area contributed by atoms with Crippen molar-refractivity contribution in [2.24, 2.45) is 5.84 Å². The maximum absolute atomic E-state index is 6.15. The molecule has 6 heteroatoms. The first kappa shape index (κ1) is 14.1. The van der Waals surface area contributed by atoms with E-state index in [9.17, 15) is 0 Å². The molecule has 0 bridgehead atoms. The van der Waals surface area contributed by atoms with Gasteiger partial charge in [0.05, 0.1) is 11.1 Å². The second-order valence-electron chi connectivity index (χ2n) is 3.79. The smallest absolute Gasteiger partial charge is 0.0609 e. The Balaban J connectivity index is 2.23. The van der Waals surface area contributed by atoms with E-state index in [0.29, 0.717) is 21.5 Å². The van der Waals surface area contributed by atoms with E-state index < -0.39 is 0 Å². The minimum absolute atomic E-state index is 0.0591. The van der Waals surface area contributed by atoms with E-state index in [0.717, 1.165) is 10.4 Å². The van der Waals surface area contributed by atoms with Crippen LogP contribution in [0.2, 0.25) is 15.1 Å². The number of halogens is 3. The predicted molar refractivity (Wildman–Crippen MR) is 79.6 cm³/mol. The SMILES string of the molecule is NNC(Cc1ccc(Cl)cc1Cl)c1sccc1Cl. The average Bonchev–Trinajstić information content (AvgIpc) is 2.75. The lowest BCUT2D eigenvalue weighted by molar-refractivity contribution is 0.561. The van der Waals surface area contributed by atoms with Crippen molar-refractivity contribution >= 4 is 46.1 Å². The Labute approximate surface area is 125 Å². The standard InChI is InChI=1S/C12H11Cl3N2S/c13-8-2-1-7(10(15)6-8)5-11(17-16)12-9(14)3-4-18-12/h1-4,6,11,17H,5,16H2. The van der Waals surface area contributed by atoms with Gasteiger partial charge in [-0.05, 0) is 35.6 Å². The summed E-state index contributed by atoms with van der Waals surface area (Å²) in [6, 6.07) is 7.23. The van der Waals surface area contributed by atoms with E-state index in [-0.39, 0.29) is 6.04 Å². The fraction of sp³-hybridized carbons (Fsp3) is 0.167. The summed E-state index contributed by atoms with van der Waals surface area (Å²) in [5.74, 6) is 5.59. The number of hydrogen-bond acceptors (Lipinski definition) is 3. The topological polar surface area (TPSA) is 38.0 Å². The number of hydrazine groups is 1. The molecular weight excluding hydrogens is 311 g/mol. The lowest BCUT2D eigenvalue weighted by atomic mass is 10.1. The van der Waals surface area contributed by atoms with Gasteiger partial charge in [-0.1, -0.05) is 40.9 Å². The number of nitrogens with two attached hydrogens (primary N) is 1. The molecule has 0 spiro atoms. The van der Waals surface area contributed by atoms with Crippen molar-refractivity contribution in [2.45, 2.75) is 12.5 Å². The van der Waals surface area contributed by atoms with Gasteiger partial charge in [0.15, 0.2) is 0 Å². The monoisotopic (exact) mass is 320 g/mol. The van der Waals surface area contributed by atoms with Gasteiger partial charge in [-0.2, -0.15) is 0 Å². The average molecular weight is 322 g/mol. The molecule has 0 aliphatic rings. The third-order valence-corrected chi connectivity index (χ3v) is 4.66. The molecule has 1 unspecified atom stereocenters. The predicted octanol–water partition coefficient (Wildman–Crippen LogP) is 4.46. The minimum Gasteiger partial charge on any atom is -0.271 e. The van der Waals surface area contributed by atoms with E-state index in [1.165, 1.54) is 0 Å². The van der Waals surface area contributed by atoms with E-state index in [1.54, 1.807) is 17.4 Å². The normalized spacial score (nSPS) is 12.7. The van der Waals surface area contributed by atoms with Crippen LogP contribution in [-0.4, -0.2) is 0 Å². The maximum Gasteiger partial charge on any atom is 0.0609 e.